The highest BCUT2D eigenvalue weighted by molar-refractivity contribution is 5.52. The lowest BCUT2D eigenvalue weighted by Gasteiger charge is -2.51. The summed E-state index contributed by atoms with van der Waals surface area (Å²) in [6.45, 7) is 5.07. The van der Waals surface area contributed by atoms with Crippen molar-refractivity contribution in [2.24, 2.45) is 28.6 Å². The van der Waals surface area contributed by atoms with Gasteiger partial charge < -0.3 is 5.11 Å². The molecule has 1 N–H and O–H groups in total. The van der Waals surface area contributed by atoms with Gasteiger partial charge in [-0.3, -0.25) is 0 Å². The van der Waals surface area contributed by atoms with E-state index in [9.17, 15) is 5.11 Å². The summed E-state index contributed by atoms with van der Waals surface area (Å²) in [5, 5.41) is 9.95. The number of fused-ring (bicyclic) bond motifs is 4. The van der Waals surface area contributed by atoms with E-state index in [1.165, 1.54) is 96.3 Å². The summed E-state index contributed by atoms with van der Waals surface area (Å²) in [5.41, 5.74) is 7.88. The van der Waals surface area contributed by atoms with Gasteiger partial charge in [0.25, 0.3) is 0 Å². The summed E-state index contributed by atoms with van der Waals surface area (Å²) in [7, 11) is 0. The predicted molar refractivity (Wildman–Crippen MR) is 149 cm³/mol. The third-order valence-electron chi connectivity index (χ3n) is 10.8. The second-order valence-electron chi connectivity index (χ2n) is 12.5. The first-order chi connectivity index (χ1) is 17.2. The Morgan fingerprint density at radius 1 is 1.00 bits per heavy atom. The Morgan fingerprint density at radius 3 is 2.71 bits per heavy atom. The summed E-state index contributed by atoms with van der Waals surface area (Å²) in [6, 6.07) is 0. The molecule has 0 spiro atoms. The topological polar surface area (TPSA) is 20.2 Å². The molecule has 35 heavy (non-hydrogen) atoms. The number of hydrogen-bond donors (Lipinski definition) is 1. The third-order valence-corrected chi connectivity index (χ3v) is 10.8. The van der Waals surface area contributed by atoms with Gasteiger partial charge in [0.05, 0.1) is 0 Å². The van der Waals surface area contributed by atoms with Crippen molar-refractivity contribution >= 4 is 0 Å². The van der Waals surface area contributed by atoms with Crippen molar-refractivity contribution in [3.8, 4) is 0 Å². The van der Waals surface area contributed by atoms with Crippen molar-refractivity contribution < 1.29 is 5.11 Å². The number of aliphatic hydroxyl groups excluding tert-OH is 1. The molecule has 0 heterocycles. The van der Waals surface area contributed by atoms with Gasteiger partial charge in [0.15, 0.2) is 0 Å². The van der Waals surface area contributed by atoms with Crippen LogP contribution in [0.2, 0.25) is 0 Å². The maximum absolute atomic E-state index is 9.95. The van der Waals surface area contributed by atoms with Gasteiger partial charge in [-0.05, 0) is 130 Å². The molecule has 0 aromatic rings. The van der Waals surface area contributed by atoms with Crippen molar-refractivity contribution in [3.05, 3.63) is 58.7 Å². The molecule has 3 unspecified atom stereocenters. The molecular weight excluding hydrogens is 424 g/mol. The minimum atomic E-state index is 0.343. The minimum absolute atomic E-state index is 0.343. The molecule has 1 fully saturated rings. The lowest BCUT2D eigenvalue weighted by molar-refractivity contribution is 0.0300. The van der Waals surface area contributed by atoms with Crippen molar-refractivity contribution in [3.63, 3.8) is 0 Å². The van der Waals surface area contributed by atoms with E-state index < -0.39 is 0 Å². The molecule has 0 aromatic heterocycles. The normalized spacial score (nSPS) is 35.9. The third kappa shape index (κ3) is 4.49. The Kier molecular flexibility index (Phi) is 7.93. The Hall–Kier alpha value is -1.34. The Morgan fingerprint density at radius 2 is 1.89 bits per heavy atom. The second kappa shape index (κ2) is 11.0. The van der Waals surface area contributed by atoms with Crippen LogP contribution in [0, 0.1) is 28.6 Å². The van der Waals surface area contributed by atoms with Crippen molar-refractivity contribution in [2.75, 3.05) is 6.61 Å². The van der Waals surface area contributed by atoms with Gasteiger partial charge >= 0.3 is 0 Å². The number of unbranched alkanes of at least 4 members (excludes halogenated alkanes) is 1. The van der Waals surface area contributed by atoms with Gasteiger partial charge in [-0.15, -0.1) is 0 Å². The highest BCUT2D eigenvalue weighted by Crippen LogP contribution is 2.65. The van der Waals surface area contributed by atoms with E-state index in [1.807, 2.05) is 5.57 Å². The number of rotatable bonds is 11. The van der Waals surface area contributed by atoms with Crippen molar-refractivity contribution in [2.45, 2.75) is 117 Å². The van der Waals surface area contributed by atoms with Crippen LogP contribution in [0.1, 0.15) is 117 Å². The molecule has 0 saturated heterocycles. The molecule has 2 bridgehead atoms. The number of allylic oxidation sites excluding steroid dienone is 10. The van der Waals surface area contributed by atoms with Crippen LogP contribution in [-0.2, 0) is 0 Å². The van der Waals surface area contributed by atoms with Gasteiger partial charge in [-0.2, -0.15) is 0 Å². The van der Waals surface area contributed by atoms with Gasteiger partial charge in [0, 0.05) is 6.61 Å². The fourth-order valence-electron chi connectivity index (χ4n) is 9.31. The molecule has 0 radical (unpaired) electrons. The number of aliphatic hydroxyl groups is 1. The first-order valence-electron chi connectivity index (χ1n) is 15.2. The van der Waals surface area contributed by atoms with E-state index in [-0.39, 0.29) is 0 Å². The van der Waals surface area contributed by atoms with Crippen molar-refractivity contribution in [1.82, 2.24) is 0 Å². The highest BCUT2D eigenvalue weighted by Gasteiger charge is 2.54. The zero-order valence-electron chi connectivity index (χ0n) is 22.7. The van der Waals surface area contributed by atoms with Crippen molar-refractivity contribution in [1.29, 1.82) is 0 Å². The van der Waals surface area contributed by atoms with Crippen LogP contribution in [0.5, 0.6) is 0 Å². The molecule has 1 nitrogen and oxygen atoms in total. The maximum Gasteiger partial charge on any atom is 0.0431 e. The molecule has 0 aromatic carbocycles. The maximum atomic E-state index is 9.95. The molecule has 5 atom stereocenters. The summed E-state index contributed by atoms with van der Waals surface area (Å²) < 4.78 is 0. The van der Waals surface area contributed by atoms with Crippen LogP contribution in [0.3, 0.4) is 0 Å². The first kappa shape index (κ1) is 25.3. The molecule has 5 aliphatic carbocycles. The predicted octanol–water partition coefficient (Wildman–Crippen LogP) is 9.41. The number of hydrogen-bond acceptors (Lipinski definition) is 1. The largest absolute Gasteiger partial charge is 0.396 e. The van der Waals surface area contributed by atoms with E-state index in [2.05, 4.69) is 50.3 Å². The van der Waals surface area contributed by atoms with Gasteiger partial charge in [-0.1, -0.05) is 74.3 Å². The highest BCUT2D eigenvalue weighted by atomic mass is 16.2. The molecule has 1 heteroatoms. The summed E-state index contributed by atoms with van der Waals surface area (Å²) in [5.74, 6) is 2.17. The first-order valence-corrected chi connectivity index (χ1v) is 15.2. The molecule has 0 amide bonds. The molecule has 192 valence electrons. The van der Waals surface area contributed by atoms with Gasteiger partial charge in [0.2, 0.25) is 0 Å². The van der Waals surface area contributed by atoms with Gasteiger partial charge in [-0.25, -0.2) is 0 Å². The lowest BCUT2D eigenvalue weighted by Crippen LogP contribution is -2.42. The summed E-state index contributed by atoms with van der Waals surface area (Å²) in [6.07, 6.45) is 35.6. The van der Waals surface area contributed by atoms with Crippen LogP contribution < -0.4 is 0 Å². The monoisotopic (exact) mass is 474 g/mol. The minimum Gasteiger partial charge on any atom is -0.396 e. The SMILES string of the molecule is CCC/C=C\[C@H]1CC2=CC[C@H](C2)C1(CCCO)CCC1(CCC)C2=C(CCCC2)C2=CC=CCC21. The van der Waals surface area contributed by atoms with E-state index in [1.54, 1.807) is 16.7 Å². The van der Waals surface area contributed by atoms with E-state index in [0.29, 0.717) is 23.4 Å². The quantitative estimate of drug-likeness (QED) is 0.296. The average Bonchev–Trinajstić information content (AvgIpc) is 3.43. The van der Waals surface area contributed by atoms with Crippen LogP contribution in [-0.4, -0.2) is 11.7 Å². The molecule has 0 aliphatic heterocycles. The van der Waals surface area contributed by atoms with E-state index >= 15 is 0 Å². The lowest BCUT2D eigenvalue weighted by atomic mass is 9.53. The molecule has 1 saturated carbocycles. The Balaban J connectivity index is 1.50. The Bertz CT molecular complexity index is 913. The van der Waals surface area contributed by atoms with Crippen LogP contribution in [0.4, 0.5) is 0 Å². The molecule has 5 rings (SSSR count). The van der Waals surface area contributed by atoms with Crippen LogP contribution in [0.25, 0.3) is 0 Å². The van der Waals surface area contributed by atoms with Gasteiger partial charge in [0.1, 0.15) is 0 Å². The zero-order valence-corrected chi connectivity index (χ0v) is 22.7. The van der Waals surface area contributed by atoms with E-state index in [4.69, 9.17) is 0 Å². The molecular formula is C34H50O. The smallest absolute Gasteiger partial charge is 0.0431 e. The average molecular weight is 475 g/mol. The fourth-order valence-corrected chi connectivity index (χ4v) is 9.31. The Labute approximate surface area is 215 Å². The molecule has 5 aliphatic rings. The van der Waals surface area contributed by atoms with Crippen LogP contribution in [0.15, 0.2) is 58.7 Å². The van der Waals surface area contributed by atoms with Crippen LogP contribution >= 0.6 is 0 Å². The standard InChI is InChI=1S/C34H50O/c1-3-5-6-12-27-24-26-17-18-28(25-26)33(27,20-11-23-35)21-22-34(19-4-2)31-15-9-7-13-29(31)30-14-8-10-16-32(30)34/h6-7,9,12-13,17,27-28,31,35H,3-5,8,10-11,14-16,18-25H2,1-2H3/b12-6-/t27-,28+,31?,33?,34?/m0/s1. The second-order valence-corrected chi connectivity index (χ2v) is 12.5. The zero-order chi connectivity index (χ0) is 24.3. The summed E-state index contributed by atoms with van der Waals surface area (Å²) >= 11 is 0. The fraction of sp³-hybridized carbons (Fsp3) is 0.706. The van der Waals surface area contributed by atoms with E-state index in [0.717, 1.165) is 18.3 Å². The summed E-state index contributed by atoms with van der Waals surface area (Å²) in [4.78, 5) is 0.